The van der Waals surface area contributed by atoms with Crippen LogP contribution in [0.4, 0.5) is 0 Å². The van der Waals surface area contributed by atoms with Gasteiger partial charge in [0.15, 0.2) is 5.78 Å². The van der Waals surface area contributed by atoms with Gasteiger partial charge < -0.3 is 4.74 Å². The molecule has 0 saturated carbocycles. The van der Waals surface area contributed by atoms with Gasteiger partial charge in [0.25, 0.3) is 0 Å². The number of rotatable bonds is 0. The Bertz CT molecular complexity index is 254. The molecule has 0 N–H and O–H groups in total. The fourth-order valence-corrected chi connectivity index (χ4v) is 1.74. The van der Waals surface area contributed by atoms with Crippen LogP contribution in [0, 0.1) is 5.92 Å². The summed E-state index contributed by atoms with van der Waals surface area (Å²) in [6.45, 7) is 0. The highest BCUT2D eigenvalue weighted by atomic mass is 16.5. The normalized spacial score (nSPS) is 34.3. The van der Waals surface area contributed by atoms with E-state index in [0.717, 1.165) is 12.8 Å². The summed E-state index contributed by atoms with van der Waals surface area (Å²) in [7, 11) is 0. The minimum atomic E-state index is -0.228. The van der Waals surface area contributed by atoms with Crippen LogP contribution in [0.2, 0.25) is 0 Å². The summed E-state index contributed by atoms with van der Waals surface area (Å²) < 4.78 is 5.02. The average molecular weight is 166 g/mol. The van der Waals surface area contributed by atoms with Crippen LogP contribution in [-0.2, 0) is 14.3 Å². The molecule has 0 unspecified atom stereocenters. The first-order valence-corrected chi connectivity index (χ1v) is 4.17. The Morgan fingerprint density at radius 3 is 3.08 bits per heavy atom. The molecule has 0 radical (unpaired) electrons. The molecule has 1 saturated heterocycles. The molecule has 0 aromatic carbocycles. The lowest BCUT2D eigenvalue weighted by atomic mass is 9.96. The van der Waals surface area contributed by atoms with E-state index in [0.29, 0.717) is 0 Å². The lowest BCUT2D eigenvalue weighted by Crippen LogP contribution is -2.21. The second-order valence-electron chi connectivity index (χ2n) is 3.22. The first-order chi connectivity index (χ1) is 5.77. The van der Waals surface area contributed by atoms with Crippen molar-refractivity contribution in [1.82, 2.24) is 0 Å². The number of ketones is 1. The summed E-state index contributed by atoms with van der Waals surface area (Å²) in [5.74, 6) is -0.381. The molecule has 1 fully saturated rings. The van der Waals surface area contributed by atoms with Crippen molar-refractivity contribution in [1.29, 1.82) is 0 Å². The minimum absolute atomic E-state index is 0.0448. The zero-order chi connectivity index (χ0) is 8.55. The predicted molar refractivity (Wildman–Crippen MR) is 41.4 cm³/mol. The minimum Gasteiger partial charge on any atom is -0.462 e. The van der Waals surface area contributed by atoms with Crippen molar-refractivity contribution in [2.24, 2.45) is 5.92 Å². The van der Waals surface area contributed by atoms with Crippen molar-refractivity contribution in [3.05, 3.63) is 12.2 Å². The van der Waals surface area contributed by atoms with Crippen LogP contribution in [0.5, 0.6) is 0 Å². The number of hydrogen-bond acceptors (Lipinski definition) is 3. The van der Waals surface area contributed by atoms with Crippen molar-refractivity contribution >= 4 is 11.8 Å². The largest absolute Gasteiger partial charge is 0.462 e. The molecule has 1 aliphatic heterocycles. The van der Waals surface area contributed by atoms with E-state index in [1.54, 1.807) is 6.08 Å². The predicted octanol–water partition coefficient (Wildman–Crippen LogP) is 0.837. The number of carbonyl (C=O) groups excluding carboxylic acids is 2. The van der Waals surface area contributed by atoms with Gasteiger partial charge in [-0.15, -0.1) is 0 Å². The van der Waals surface area contributed by atoms with Crippen LogP contribution in [-0.4, -0.2) is 17.9 Å². The molecule has 1 aliphatic carbocycles. The second-order valence-corrected chi connectivity index (χ2v) is 3.22. The van der Waals surface area contributed by atoms with E-state index in [1.807, 2.05) is 6.08 Å². The quantitative estimate of drug-likeness (QED) is 0.501. The molecule has 64 valence electrons. The van der Waals surface area contributed by atoms with E-state index in [4.69, 9.17) is 4.74 Å². The van der Waals surface area contributed by atoms with Crippen molar-refractivity contribution in [2.45, 2.75) is 25.4 Å². The molecule has 0 aromatic heterocycles. The third-order valence-corrected chi connectivity index (χ3v) is 2.38. The monoisotopic (exact) mass is 166 g/mol. The standard InChI is InChI=1S/C9H10O3/c10-7-3-1-2-4-8-6(7)5-9(11)12-8/h1,3,6,8H,2,4-5H2/t6-,8-/m0/s1. The fourth-order valence-electron chi connectivity index (χ4n) is 1.74. The van der Waals surface area contributed by atoms with Gasteiger partial charge in [0.05, 0.1) is 12.3 Å². The molecule has 12 heavy (non-hydrogen) atoms. The van der Waals surface area contributed by atoms with Gasteiger partial charge in [-0.2, -0.15) is 0 Å². The Morgan fingerprint density at radius 2 is 2.25 bits per heavy atom. The number of esters is 1. The first kappa shape index (κ1) is 7.53. The molecule has 0 aromatic rings. The molecule has 0 amide bonds. The Kier molecular flexibility index (Phi) is 1.71. The van der Waals surface area contributed by atoms with E-state index >= 15 is 0 Å². The molecule has 0 bridgehead atoms. The zero-order valence-electron chi connectivity index (χ0n) is 6.66. The van der Waals surface area contributed by atoms with Gasteiger partial charge in [0.1, 0.15) is 6.10 Å². The van der Waals surface area contributed by atoms with Crippen LogP contribution < -0.4 is 0 Å². The van der Waals surface area contributed by atoms with Crippen molar-refractivity contribution in [3.8, 4) is 0 Å². The summed E-state index contributed by atoms with van der Waals surface area (Å²) in [5.41, 5.74) is 0. The Morgan fingerprint density at radius 1 is 1.42 bits per heavy atom. The Labute approximate surface area is 70.4 Å². The molecule has 2 rings (SSSR count). The average Bonchev–Trinajstić information content (AvgIpc) is 2.33. The summed E-state index contributed by atoms with van der Waals surface area (Å²) in [6, 6.07) is 0. The van der Waals surface area contributed by atoms with Crippen LogP contribution >= 0.6 is 0 Å². The van der Waals surface area contributed by atoms with E-state index in [1.165, 1.54) is 0 Å². The molecule has 3 nitrogen and oxygen atoms in total. The molecular formula is C9H10O3. The van der Waals surface area contributed by atoms with Gasteiger partial charge in [-0.05, 0) is 18.9 Å². The maximum atomic E-state index is 11.3. The molecular weight excluding hydrogens is 156 g/mol. The van der Waals surface area contributed by atoms with Gasteiger partial charge in [-0.3, -0.25) is 9.59 Å². The van der Waals surface area contributed by atoms with Crippen molar-refractivity contribution in [2.75, 3.05) is 0 Å². The third kappa shape index (κ3) is 1.15. The number of carbonyl (C=O) groups is 2. The van der Waals surface area contributed by atoms with E-state index in [2.05, 4.69) is 0 Å². The number of allylic oxidation sites excluding steroid dienone is 2. The highest BCUT2D eigenvalue weighted by molar-refractivity contribution is 5.96. The summed E-state index contributed by atoms with van der Waals surface area (Å²) in [6.07, 6.45) is 5.17. The van der Waals surface area contributed by atoms with E-state index in [9.17, 15) is 9.59 Å². The van der Waals surface area contributed by atoms with Gasteiger partial charge in [0, 0.05) is 0 Å². The molecule has 3 heteroatoms. The maximum Gasteiger partial charge on any atom is 0.306 e. The van der Waals surface area contributed by atoms with E-state index in [-0.39, 0.29) is 30.2 Å². The van der Waals surface area contributed by atoms with Crippen LogP contribution in [0.15, 0.2) is 12.2 Å². The SMILES string of the molecule is O=C1C[C@H]2C(=O)C=CCC[C@@H]2O1. The van der Waals surface area contributed by atoms with E-state index < -0.39 is 0 Å². The zero-order valence-corrected chi connectivity index (χ0v) is 6.66. The second kappa shape index (κ2) is 2.73. The topological polar surface area (TPSA) is 43.4 Å². The smallest absolute Gasteiger partial charge is 0.306 e. The number of fused-ring (bicyclic) bond motifs is 1. The lowest BCUT2D eigenvalue weighted by molar-refractivity contribution is -0.141. The lowest BCUT2D eigenvalue weighted by Gasteiger charge is -2.11. The summed E-state index contributed by atoms with van der Waals surface area (Å²) in [5, 5.41) is 0. The van der Waals surface area contributed by atoms with Gasteiger partial charge >= 0.3 is 5.97 Å². The van der Waals surface area contributed by atoms with Crippen molar-refractivity contribution < 1.29 is 14.3 Å². The fraction of sp³-hybridized carbons (Fsp3) is 0.556. The highest BCUT2D eigenvalue weighted by Crippen LogP contribution is 2.28. The third-order valence-electron chi connectivity index (χ3n) is 2.38. The summed E-state index contributed by atoms with van der Waals surface area (Å²) in [4.78, 5) is 22.2. The highest BCUT2D eigenvalue weighted by Gasteiger charge is 2.38. The summed E-state index contributed by atoms with van der Waals surface area (Å²) >= 11 is 0. The molecule has 2 aliphatic rings. The molecule has 1 heterocycles. The first-order valence-electron chi connectivity index (χ1n) is 4.17. The van der Waals surface area contributed by atoms with Gasteiger partial charge in [-0.1, -0.05) is 6.08 Å². The van der Waals surface area contributed by atoms with Crippen LogP contribution in [0.1, 0.15) is 19.3 Å². The van der Waals surface area contributed by atoms with Crippen molar-refractivity contribution in [3.63, 3.8) is 0 Å². The molecule has 2 atom stereocenters. The number of hydrogen-bond donors (Lipinski definition) is 0. The van der Waals surface area contributed by atoms with Crippen LogP contribution in [0.25, 0.3) is 0 Å². The van der Waals surface area contributed by atoms with Gasteiger partial charge in [0.2, 0.25) is 0 Å². The Hall–Kier alpha value is -1.12. The van der Waals surface area contributed by atoms with Crippen LogP contribution in [0.3, 0.4) is 0 Å². The number of ether oxygens (including phenoxy) is 1. The molecule has 0 spiro atoms. The maximum absolute atomic E-state index is 11.3. The van der Waals surface area contributed by atoms with Gasteiger partial charge in [-0.25, -0.2) is 0 Å². The Balaban J connectivity index is 2.20.